The van der Waals surface area contributed by atoms with Crippen molar-refractivity contribution in [3.63, 3.8) is 0 Å². The van der Waals surface area contributed by atoms with Crippen LogP contribution in [-0.4, -0.2) is 54.5 Å². The molecule has 1 aliphatic carbocycles. The van der Waals surface area contributed by atoms with Crippen molar-refractivity contribution in [3.05, 3.63) is 0 Å². The molecule has 20 heavy (non-hydrogen) atoms. The predicted molar refractivity (Wildman–Crippen MR) is 94.6 cm³/mol. The Kier molecular flexibility index (Phi) is 6.39. The molecule has 1 saturated carbocycles. The van der Waals surface area contributed by atoms with E-state index in [0.29, 0.717) is 0 Å². The highest BCUT2D eigenvalue weighted by atomic mass is 127. The molecule has 3 rings (SSSR count). The van der Waals surface area contributed by atoms with E-state index in [2.05, 4.69) is 14.8 Å². The fraction of sp³-hybridized carbons (Fsp3) is 0.933. The fourth-order valence-electron chi connectivity index (χ4n) is 3.41. The van der Waals surface area contributed by atoms with Crippen molar-refractivity contribution in [2.24, 2.45) is 16.6 Å². The van der Waals surface area contributed by atoms with Gasteiger partial charge in [0.15, 0.2) is 5.96 Å². The first-order chi connectivity index (χ1) is 9.33. The Balaban J connectivity index is 0.00000147. The number of hydrogen-bond donors (Lipinski definition) is 1. The summed E-state index contributed by atoms with van der Waals surface area (Å²) in [6, 6.07) is 0.914. The largest absolute Gasteiger partial charge is 0.370 e. The quantitative estimate of drug-likeness (QED) is 0.455. The molecule has 3 aliphatic rings. The van der Waals surface area contributed by atoms with Crippen molar-refractivity contribution in [2.45, 2.75) is 51.0 Å². The van der Waals surface area contributed by atoms with E-state index in [1.165, 1.54) is 58.0 Å². The van der Waals surface area contributed by atoms with E-state index in [1.54, 1.807) is 0 Å². The number of nitrogens with two attached hydrogens (primary N) is 1. The van der Waals surface area contributed by atoms with Crippen molar-refractivity contribution in [2.75, 3.05) is 32.7 Å². The third kappa shape index (κ3) is 4.48. The third-order valence-corrected chi connectivity index (χ3v) is 4.82. The van der Waals surface area contributed by atoms with Crippen LogP contribution in [0, 0.1) is 5.92 Å². The number of guanidine groups is 1. The van der Waals surface area contributed by atoms with Gasteiger partial charge in [-0.05, 0) is 44.6 Å². The van der Waals surface area contributed by atoms with Crippen LogP contribution in [0.15, 0.2) is 4.99 Å². The first-order valence-corrected chi connectivity index (χ1v) is 8.12. The molecule has 0 aromatic rings. The number of halogens is 1. The maximum Gasteiger partial charge on any atom is 0.191 e. The van der Waals surface area contributed by atoms with E-state index in [4.69, 9.17) is 5.73 Å². The molecule has 2 heterocycles. The van der Waals surface area contributed by atoms with Crippen LogP contribution < -0.4 is 5.73 Å². The summed E-state index contributed by atoms with van der Waals surface area (Å²) in [7, 11) is 0. The topological polar surface area (TPSA) is 44.9 Å². The highest BCUT2D eigenvalue weighted by molar-refractivity contribution is 14.0. The monoisotopic (exact) mass is 392 g/mol. The van der Waals surface area contributed by atoms with E-state index in [1.807, 2.05) is 0 Å². The maximum atomic E-state index is 6.17. The van der Waals surface area contributed by atoms with Gasteiger partial charge < -0.3 is 15.5 Å². The average Bonchev–Trinajstić information content (AvgIpc) is 3.21. The van der Waals surface area contributed by atoms with Crippen molar-refractivity contribution >= 4 is 29.9 Å². The van der Waals surface area contributed by atoms with Gasteiger partial charge in [0.1, 0.15) is 0 Å². The fourth-order valence-corrected chi connectivity index (χ4v) is 3.41. The summed E-state index contributed by atoms with van der Waals surface area (Å²) in [5.41, 5.74) is 6.17. The lowest BCUT2D eigenvalue weighted by atomic mass is 10.1. The molecule has 0 radical (unpaired) electrons. The van der Waals surface area contributed by atoms with Crippen LogP contribution in [0.5, 0.6) is 0 Å². The van der Waals surface area contributed by atoms with Gasteiger partial charge in [0.25, 0.3) is 0 Å². The Morgan fingerprint density at radius 3 is 2.35 bits per heavy atom. The number of nitrogens with zero attached hydrogens (tertiary/aromatic N) is 3. The van der Waals surface area contributed by atoms with E-state index in [0.717, 1.165) is 37.6 Å². The highest BCUT2D eigenvalue weighted by Crippen LogP contribution is 2.31. The van der Waals surface area contributed by atoms with Gasteiger partial charge in [0, 0.05) is 32.2 Å². The van der Waals surface area contributed by atoms with Crippen molar-refractivity contribution in [1.29, 1.82) is 0 Å². The normalized spacial score (nSPS) is 29.1. The molecule has 0 amide bonds. The van der Waals surface area contributed by atoms with Crippen LogP contribution in [0.2, 0.25) is 0 Å². The molecular formula is C15H29IN4. The van der Waals surface area contributed by atoms with Gasteiger partial charge in [0.05, 0.1) is 0 Å². The minimum Gasteiger partial charge on any atom is -0.370 e. The van der Waals surface area contributed by atoms with E-state index >= 15 is 0 Å². The predicted octanol–water partition coefficient (Wildman–Crippen LogP) is 2.28. The lowest BCUT2D eigenvalue weighted by Crippen LogP contribution is -2.38. The van der Waals surface area contributed by atoms with E-state index in [-0.39, 0.29) is 24.0 Å². The molecule has 0 aromatic heterocycles. The first kappa shape index (κ1) is 16.3. The molecule has 4 nitrogen and oxygen atoms in total. The zero-order valence-electron chi connectivity index (χ0n) is 12.5. The van der Waals surface area contributed by atoms with Crippen LogP contribution in [0.1, 0.15) is 44.9 Å². The molecular weight excluding hydrogens is 363 g/mol. The van der Waals surface area contributed by atoms with Crippen LogP contribution in [0.25, 0.3) is 0 Å². The van der Waals surface area contributed by atoms with Gasteiger partial charge >= 0.3 is 0 Å². The standard InChI is InChI=1S/C15H28N4.HI/c16-15(18-8-3-1-2-4-9-18)17-11-13-7-10-19(12-13)14-5-6-14;/h13-14H,1-12H2,(H2,16,17);1H. The van der Waals surface area contributed by atoms with Gasteiger partial charge in [-0.15, -0.1) is 24.0 Å². The molecule has 5 heteroatoms. The third-order valence-electron chi connectivity index (χ3n) is 4.82. The van der Waals surface area contributed by atoms with Crippen LogP contribution in [0.4, 0.5) is 0 Å². The summed E-state index contributed by atoms with van der Waals surface area (Å²) < 4.78 is 0. The molecule has 3 fully saturated rings. The minimum absolute atomic E-state index is 0. The zero-order valence-corrected chi connectivity index (χ0v) is 14.8. The summed E-state index contributed by atoms with van der Waals surface area (Å²) in [6.45, 7) is 5.68. The Hall–Kier alpha value is -0.0400. The minimum atomic E-state index is 0. The number of likely N-dealkylation sites (tertiary alicyclic amines) is 2. The molecule has 0 aromatic carbocycles. The second kappa shape index (κ2) is 7.82. The smallest absolute Gasteiger partial charge is 0.191 e. The van der Waals surface area contributed by atoms with Crippen LogP contribution >= 0.6 is 24.0 Å². The van der Waals surface area contributed by atoms with E-state index < -0.39 is 0 Å². The molecule has 2 saturated heterocycles. The SMILES string of the molecule is I.NC(=NCC1CCN(C2CC2)C1)N1CCCCCC1. The zero-order chi connectivity index (χ0) is 13.1. The van der Waals surface area contributed by atoms with Gasteiger partial charge in [-0.2, -0.15) is 0 Å². The van der Waals surface area contributed by atoms with Gasteiger partial charge in [-0.3, -0.25) is 4.99 Å². The van der Waals surface area contributed by atoms with Gasteiger partial charge in [-0.1, -0.05) is 12.8 Å². The van der Waals surface area contributed by atoms with Crippen LogP contribution in [0.3, 0.4) is 0 Å². The molecule has 1 unspecified atom stereocenters. The molecule has 1 atom stereocenters. The molecule has 0 spiro atoms. The Morgan fingerprint density at radius 1 is 1.00 bits per heavy atom. The van der Waals surface area contributed by atoms with Crippen molar-refractivity contribution in [3.8, 4) is 0 Å². The molecule has 2 N–H and O–H groups in total. The Morgan fingerprint density at radius 2 is 1.70 bits per heavy atom. The van der Waals surface area contributed by atoms with Crippen molar-refractivity contribution in [1.82, 2.24) is 9.80 Å². The first-order valence-electron chi connectivity index (χ1n) is 8.12. The maximum absolute atomic E-state index is 6.17. The number of aliphatic imine (C=N–C) groups is 1. The summed E-state index contributed by atoms with van der Waals surface area (Å²) in [6.07, 6.45) is 9.40. The molecule has 0 bridgehead atoms. The van der Waals surface area contributed by atoms with Crippen molar-refractivity contribution < 1.29 is 0 Å². The second-order valence-electron chi connectivity index (χ2n) is 6.48. The van der Waals surface area contributed by atoms with Gasteiger partial charge in [0.2, 0.25) is 0 Å². The summed E-state index contributed by atoms with van der Waals surface area (Å²) in [5, 5.41) is 0. The molecule has 2 aliphatic heterocycles. The average molecular weight is 392 g/mol. The summed E-state index contributed by atoms with van der Waals surface area (Å²) >= 11 is 0. The lowest BCUT2D eigenvalue weighted by molar-refractivity contribution is 0.315. The summed E-state index contributed by atoms with van der Waals surface area (Å²) in [5.74, 6) is 1.54. The Labute approximate surface area is 140 Å². The second-order valence-corrected chi connectivity index (χ2v) is 6.48. The Bertz CT molecular complexity index is 322. The summed E-state index contributed by atoms with van der Waals surface area (Å²) in [4.78, 5) is 9.63. The number of rotatable bonds is 3. The number of hydrogen-bond acceptors (Lipinski definition) is 2. The van der Waals surface area contributed by atoms with Gasteiger partial charge in [-0.25, -0.2) is 0 Å². The van der Waals surface area contributed by atoms with Crippen LogP contribution in [-0.2, 0) is 0 Å². The lowest BCUT2D eigenvalue weighted by Gasteiger charge is -2.21. The molecule has 116 valence electrons. The highest BCUT2D eigenvalue weighted by Gasteiger charge is 2.34. The van der Waals surface area contributed by atoms with E-state index in [9.17, 15) is 0 Å².